The SMILES string of the molecule is C#C.C=C(C)/C(=C\C)c1ccc(C(/C=C\COC2CCC2)=C/C)cc1C.C=C(C)c1ccc(N2CCC(CCN3CC4(CC(NC)C4)C3)CC2)cc1C(=C)C.C=C1CCC(C)C(=C)N1.CC.CC. The van der Waals surface area contributed by atoms with Crippen LogP contribution in [0.25, 0.3) is 22.3 Å². The fourth-order valence-corrected chi connectivity index (χ4v) is 9.83. The van der Waals surface area contributed by atoms with Crippen molar-refractivity contribution in [1.29, 1.82) is 0 Å². The number of anilines is 1. The Kier molecular flexibility index (Phi) is 27.0. The van der Waals surface area contributed by atoms with Crippen molar-refractivity contribution < 1.29 is 4.74 Å². The van der Waals surface area contributed by atoms with Gasteiger partial charge in [0, 0.05) is 49.3 Å². The van der Waals surface area contributed by atoms with Gasteiger partial charge in [-0.3, -0.25) is 0 Å². The minimum Gasteiger partial charge on any atom is -0.374 e. The van der Waals surface area contributed by atoms with E-state index in [2.05, 4.69) is 182 Å². The van der Waals surface area contributed by atoms with Gasteiger partial charge in [-0.05, 0) is 188 Å². The third-order valence-electron chi connectivity index (χ3n) is 14.1. The number of allylic oxidation sites excluding steroid dienone is 10. The summed E-state index contributed by atoms with van der Waals surface area (Å²) in [6, 6.07) is 14.3. The number of ether oxygens (including phenoxy) is 1. The molecule has 3 saturated heterocycles. The average molecular weight is 925 g/mol. The number of rotatable bonds is 14. The molecule has 374 valence electrons. The summed E-state index contributed by atoms with van der Waals surface area (Å²) in [5.41, 5.74) is 16.3. The van der Waals surface area contributed by atoms with Gasteiger partial charge in [-0.25, -0.2) is 0 Å². The van der Waals surface area contributed by atoms with Crippen molar-refractivity contribution in [3.05, 3.63) is 138 Å². The Morgan fingerprint density at radius 2 is 1.47 bits per heavy atom. The lowest BCUT2D eigenvalue weighted by atomic mass is 9.60. The lowest BCUT2D eigenvalue weighted by Gasteiger charge is -2.59. The van der Waals surface area contributed by atoms with E-state index in [1.807, 2.05) is 27.7 Å². The largest absolute Gasteiger partial charge is 0.374 e. The number of piperidine rings is 2. The van der Waals surface area contributed by atoms with E-state index in [4.69, 9.17) is 4.74 Å². The molecule has 1 unspecified atom stereocenters. The summed E-state index contributed by atoms with van der Waals surface area (Å²) in [7, 11) is 2.11. The van der Waals surface area contributed by atoms with E-state index in [0.717, 1.165) is 46.5 Å². The molecule has 1 spiro atoms. The van der Waals surface area contributed by atoms with Gasteiger partial charge in [0.1, 0.15) is 0 Å². The number of terminal acetylenes is 1. The van der Waals surface area contributed by atoms with Crippen LogP contribution in [0.15, 0.2) is 111 Å². The molecule has 0 amide bonds. The molecule has 2 aromatic carbocycles. The summed E-state index contributed by atoms with van der Waals surface area (Å²) in [5.74, 6) is 1.51. The monoisotopic (exact) mass is 925 g/mol. The maximum atomic E-state index is 5.79. The molecule has 5 aliphatic rings. The molecule has 3 heterocycles. The van der Waals surface area contributed by atoms with Crippen LogP contribution in [0.5, 0.6) is 0 Å². The Labute approximate surface area is 418 Å². The van der Waals surface area contributed by atoms with Crippen LogP contribution in [-0.2, 0) is 4.74 Å². The molecular weight excluding hydrogens is 829 g/mol. The molecule has 2 saturated carbocycles. The zero-order valence-electron chi connectivity index (χ0n) is 45.4. The molecule has 0 radical (unpaired) electrons. The van der Waals surface area contributed by atoms with Gasteiger partial charge < -0.3 is 25.2 Å². The van der Waals surface area contributed by atoms with Gasteiger partial charge in [-0.1, -0.05) is 133 Å². The number of aryl methyl sites for hydroxylation is 1. The summed E-state index contributed by atoms with van der Waals surface area (Å²) in [6.45, 7) is 49.9. The Hall–Kier alpha value is -4.60. The van der Waals surface area contributed by atoms with Crippen LogP contribution in [0, 0.1) is 37.0 Å². The fraction of sp³-hybridized carbons (Fsp3) is 0.524. The molecule has 3 aliphatic heterocycles. The highest BCUT2D eigenvalue weighted by Gasteiger charge is 2.51. The number of benzene rings is 2. The molecule has 5 nitrogen and oxygen atoms in total. The van der Waals surface area contributed by atoms with Crippen LogP contribution in [-0.4, -0.2) is 63.4 Å². The van der Waals surface area contributed by atoms with Gasteiger partial charge in [0.25, 0.3) is 0 Å². The topological polar surface area (TPSA) is 39.8 Å². The maximum Gasteiger partial charge on any atom is 0.0654 e. The molecule has 7 rings (SSSR count). The second-order valence-electron chi connectivity index (χ2n) is 19.4. The van der Waals surface area contributed by atoms with Crippen molar-refractivity contribution in [1.82, 2.24) is 15.5 Å². The zero-order chi connectivity index (χ0) is 51.0. The Morgan fingerprint density at radius 1 is 0.853 bits per heavy atom. The molecule has 5 heteroatoms. The highest BCUT2D eigenvalue weighted by Crippen LogP contribution is 2.48. The van der Waals surface area contributed by atoms with E-state index >= 15 is 0 Å². The van der Waals surface area contributed by atoms with E-state index in [0.29, 0.717) is 24.0 Å². The van der Waals surface area contributed by atoms with Crippen molar-refractivity contribution in [2.24, 2.45) is 17.3 Å². The molecule has 2 aromatic rings. The first-order valence-corrected chi connectivity index (χ1v) is 26.1. The molecule has 5 fully saturated rings. The standard InChI is InChI=1S/C26H39N3.C23H30O.C8H13N.2C2H6.C2H2/c1-19(2)24-7-6-23(14-25(24)20(3)4)29-12-9-21(10-13-29)8-11-28-17-26(18-28)15-22(16-26)27-5;1-6-19(10-9-15-24-21-11-8-12-21)20-13-14-23(18(5)16-20)22(7-2)17(3)4;1-6-4-5-7(2)9-8(6)3;3*1-2/h6-7,14,21-22,27H,1,3,8-13,15-18H2,2,4-5H3;6-7,9-10,13-14,16,21H,3,8,11-12,15H2,1-2,4-5H3;6,9H,2-5H2,1H3;2*1-2H3;1-2H/b;10-9-,19-6+,22-7+;;;;. The van der Waals surface area contributed by atoms with E-state index in [-0.39, 0.29) is 0 Å². The number of hydrogen-bond donors (Lipinski definition) is 2. The minimum absolute atomic E-state index is 0.492. The first-order valence-electron chi connectivity index (χ1n) is 26.1. The third-order valence-corrected chi connectivity index (χ3v) is 14.1. The molecule has 0 aromatic heterocycles. The van der Waals surface area contributed by atoms with Gasteiger partial charge in [0.05, 0.1) is 12.7 Å². The van der Waals surface area contributed by atoms with Gasteiger partial charge >= 0.3 is 0 Å². The fourth-order valence-electron chi connectivity index (χ4n) is 9.83. The number of nitrogens with one attached hydrogen (secondary N) is 2. The third kappa shape index (κ3) is 17.7. The van der Waals surface area contributed by atoms with Crippen LogP contribution in [0.3, 0.4) is 0 Å². The second-order valence-corrected chi connectivity index (χ2v) is 19.4. The van der Waals surface area contributed by atoms with Gasteiger partial charge in [0.2, 0.25) is 0 Å². The van der Waals surface area contributed by atoms with Crippen LogP contribution >= 0.6 is 0 Å². The first-order chi connectivity index (χ1) is 32.6. The van der Waals surface area contributed by atoms with Gasteiger partial charge in [-0.2, -0.15) is 0 Å². The predicted octanol–water partition coefficient (Wildman–Crippen LogP) is 15.9. The molecule has 2 aliphatic carbocycles. The molecule has 1 atom stereocenters. The molecule has 0 bridgehead atoms. The number of likely N-dealkylation sites (tertiary alicyclic amines) is 1. The van der Waals surface area contributed by atoms with Crippen LogP contribution in [0.1, 0.15) is 161 Å². The summed E-state index contributed by atoms with van der Waals surface area (Å²) >= 11 is 0. The maximum absolute atomic E-state index is 5.79. The van der Waals surface area contributed by atoms with Crippen LogP contribution in [0.4, 0.5) is 5.69 Å². The quantitative estimate of drug-likeness (QED) is 0.146. The molecule has 68 heavy (non-hydrogen) atoms. The van der Waals surface area contributed by atoms with E-state index < -0.39 is 0 Å². The molecular formula is C63H96N4O. The Morgan fingerprint density at radius 3 is 1.96 bits per heavy atom. The summed E-state index contributed by atoms with van der Waals surface area (Å²) in [6.07, 6.45) is 30.0. The van der Waals surface area contributed by atoms with E-state index in [1.54, 1.807) is 0 Å². The minimum atomic E-state index is 0.492. The Balaban J connectivity index is 0.000000365. The van der Waals surface area contributed by atoms with Crippen LogP contribution in [0.2, 0.25) is 0 Å². The summed E-state index contributed by atoms with van der Waals surface area (Å²) in [4.78, 5) is 5.27. The number of nitrogens with zero attached hydrogens (tertiary/aromatic N) is 2. The zero-order valence-corrected chi connectivity index (χ0v) is 45.4. The lowest BCUT2D eigenvalue weighted by molar-refractivity contribution is -0.0789. The van der Waals surface area contributed by atoms with Crippen molar-refractivity contribution in [3.8, 4) is 12.8 Å². The lowest BCUT2D eigenvalue weighted by Crippen LogP contribution is -2.65. The number of hydrogen-bond acceptors (Lipinski definition) is 5. The Bertz CT molecular complexity index is 2030. The molecule has 2 N–H and O–H groups in total. The van der Waals surface area contributed by atoms with E-state index in [9.17, 15) is 0 Å². The van der Waals surface area contributed by atoms with Crippen LogP contribution < -0.4 is 15.5 Å². The first kappa shape index (κ1) is 59.5. The van der Waals surface area contributed by atoms with Crippen molar-refractivity contribution in [3.63, 3.8) is 0 Å². The van der Waals surface area contributed by atoms with Gasteiger partial charge in [0.15, 0.2) is 0 Å². The highest BCUT2D eigenvalue weighted by atomic mass is 16.5. The van der Waals surface area contributed by atoms with Crippen molar-refractivity contribution >= 4 is 28.0 Å². The summed E-state index contributed by atoms with van der Waals surface area (Å²) < 4.78 is 5.79. The van der Waals surface area contributed by atoms with Crippen molar-refractivity contribution in [2.75, 3.05) is 51.3 Å². The van der Waals surface area contributed by atoms with Crippen molar-refractivity contribution in [2.45, 2.75) is 153 Å². The second kappa shape index (κ2) is 30.8. The smallest absolute Gasteiger partial charge is 0.0654 e. The van der Waals surface area contributed by atoms with Gasteiger partial charge in [-0.15, -0.1) is 12.8 Å². The summed E-state index contributed by atoms with van der Waals surface area (Å²) in [5, 5.41) is 6.57. The predicted molar refractivity (Wildman–Crippen MR) is 305 cm³/mol. The van der Waals surface area contributed by atoms with E-state index in [1.165, 1.54) is 135 Å². The average Bonchev–Trinajstić information content (AvgIpc) is 3.30. The highest BCUT2D eigenvalue weighted by molar-refractivity contribution is 5.82. The normalized spacial score (nSPS) is 19.3.